The second kappa shape index (κ2) is 11.1. The Bertz CT molecular complexity index is 820. The van der Waals surface area contributed by atoms with Crippen molar-refractivity contribution < 1.29 is 23.4 Å². The highest BCUT2D eigenvalue weighted by atomic mass is 32.2. The Hall–Kier alpha value is -1.62. The maximum absolute atomic E-state index is 11.6. The van der Waals surface area contributed by atoms with Gasteiger partial charge in [-0.05, 0) is 56.8 Å². The fourth-order valence-electron chi connectivity index (χ4n) is 4.58. The summed E-state index contributed by atoms with van der Waals surface area (Å²) in [7, 11) is -3.49. The van der Waals surface area contributed by atoms with Gasteiger partial charge in [-0.15, -0.1) is 11.8 Å². The van der Waals surface area contributed by atoms with Gasteiger partial charge >= 0.3 is 0 Å². The second-order valence-corrected chi connectivity index (χ2v) is 10.5. The number of fused-ring (bicyclic) bond motifs is 1. The van der Waals surface area contributed by atoms with Crippen molar-refractivity contribution in [1.29, 1.82) is 0 Å². The first-order chi connectivity index (χ1) is 14.1. The number of carbonyl (C=O) groups excluding carboxylic acids is 1. The van der Waals surface area contributed by atoms with Crippen LogP contribution in [0.3, 0.4) is 0 Å². The lowest BCUT2D eigenvalue weighted by Crippen LogP contribution is -2.28. The summed E-state index contributed by atoms with van der Waals surface area (Å²) >= 11 is 0. The Morgan fingerprint density at radius 1 is 1.37 bits per heavy atom. The van der Waals surface area contributed by atoms with Crippen molar-refractivity contribution in [3.05, 3.63) is 23.8 Å². The molecule has 2 aliphatic rings. The molecule has 2 saturated carbocycles. The molecule has 0 spiro atoms. The first kappa shape index (κ1) is 24.6. The molecule has 1 unspecified atom stereocenters. The smallest absolute Gasteiger partial charge is 0.233 e. The quantitative estimate of drug-likeness (QED) is 0.292. The molecule has 0 bridgehead atoms. The summed E-state index contributed by atoms with van der Waals surface area (Å²) in [6.07, 6.45) is 10.9. The molecule has 0 aromatic rings. The van der Waals surface area contributed by atoms with E-state index in [2.05, 4.69) is 17.9 Å². The molecule has 1 amide bonds. The predicted molar refractivity (Wildman–Crippen MR) is 118 cm³/mol. The van der Waals surface area contributed by atoms with E-state index in [0.29, 0.717) is 24.7 Å². The molecule has 2 fully saturated rings. The van der Waals surface area contributed by atoms with Crippen LogP contribution in [0.4, 0.5) is 0 Å². The van der Waals surface area contributed by atoms with Crippen molar-refractivity contribution in [2.24, 2.45) is 23.7 Å². The van der Waals surface area contributed by atoms with E-state index in [0.717, 1.165) is 31.9 Å². The van der Waals surface area contributed by atoms with E-state index in [1.54, 1.807) is 6.92 Å². The molecule has 0 radical (unpaired) electrons. The highest BCUT2D eigenvalue weighted by molar-refractivity contribution is 7.89. The molecule has 6 nitrogen and oxygen atoms in total. The SMILES string of the molecule is CC#CCC(C)[C@H](O)/C=C/[C@@H]1[C@H]2C/C(=C/CCCC(=O)NS(C)(=O)=O)C[C@H]2C[C@H]1O. The van der Waals surface area contributed by atoms with Crippen molar-refractivity contribution in [3.63, 3.8) is 0 Å². The van der Waals surface area contributed by atoms with Crippen LogP contribution in [0.2, 0.25) is 0 Å². The Morgan fingerprint density at radius 3 is 2.77 bits per heavy atom. The molecular weight excluding hydrogens is 402 g/mol. The fraction of sp³-hybridized carbons (Fsp3) is 0.696. The third-order valence-corrected chi connectivity index (χ3v) is 6.76. The number of hydrogen-bond donors (Lipinski definition) is 3. The molecule has 2 aliphatic carbocycles. The number of unbranched alkanes of at least 4 members (excludes halogenated alkanes) is 1. The highest BCUT2D eigenvalue weighted by Gasteiger charge is 2.44. The highest BCUT2D eigenvalue weighted by Crippen LogP contribution is 2.50. The van der Waals surface area contributed by atoms with Crippen molar-refractivity contribution in [2.45, 2.75) is 71.0 Å². The summed E-state index contributed by atoms with van der Waals surface area (Å²) in [5.74, 6) is 6.33. The molecule has 0 saturated heterocycles. The largest absolute Gasteiger partial charge is 0.392 e. The van der Waals surface area contributed by atoms with Gasteiger partial charge in [-0.25, -0.2) is 8.42 Å². The Morgan fingerprint density at radius 2 is 2.10 bits per heavy atom. The first-order valence-electron chi connectivity index (χ1n) is 10.7. The average molecular weight is 438 g/mol. The zero-order valence-corrected chi connectivity index (χ0v) is 19.0. The summed E-state index contributed by atoms with van der Waals surface area (Å²) < 4.78 is 24.1. The number of rotatable bonds is 9. The summed E-state index contributed by atoms with van der Waals surface area (Å²) in [6.45, 7) is 3.76. The van der Waals surface area contributed by atoms with E-state index >= 15 is 0 Å². The minimum atomic E-state index is -3.49. The van der Waals surface area contributed by atoms with Crippen molar-refractivity contribution in [3.8, 4) is 11.8 Å². The number of hydrogen-bond acceptors (Lipinski definition) is 5. The van der Waals surface area contributed by atoms with Crippen molar-refractivity contribution >= 4 is 15.9 Å². The molecule has 3 N–H and O–H groups in total. The van der Waals surface area contributed by atoms with Gasteiger partial charge in [-0.2, -0.15) is 0 Å². The van der Waals surface area contributed by atoms with Gasteiger partial charge in [0.25, 0.3) is 0 Å². The zero-order chi connectivity index (χ0) is 22.3. The van der Waals surface area contributed by atoms with Crippen LogP contribution < -0.4 is 4.72 Å². The molecule has 30 heavy (non-hydrogen) atoms. The van der Waals surface area contributed by atoms with Crippen LogP contribution in [0.1, 0.15) is 58.8 Å². The van der Waals surface area contributed by atoms with Gasteiger partial charge in [0.05, 0.1) is 18.5 Å². The van der Waals surface area contributed by atoms with Crippen LogP contribution in [-0.4, -0.2) is 43.0 Å². The van der Waals surface area contributed by atoms with E-state index in [4.69, 9.17) is 0 Å². The lowest BCUT2D eigenvalue weighted by Gasteiger charge is -2.19. The first-order valence-corrected chi connectivity index (χ1v) is 12.6. The lowest BCUT2D eigenvalue weighted by molar-refractivity contribution is -0.119. The molecule has 0 aromatic carbocycles. The van der Waals surface area contributed by atoms with E-state index in [-0.39, 0.29) is 24.4 Å². The number of carbonyl (C=O) groups is 1. The Labute approximate surface area is 180 Å². The number of aliphatic hydroxyl groups excluding tert-OH is 2. The minimum absolute atomic E-state index is 0.0561. The standard InChI is InChI=1S/C23H35NO5S/c1-4-5-8-16(2)21(25)12-11-19-20-14-17(13-18(20)15-22(19)26)9-6-7-10-23(27)24-30(3,28)29/h9,11-12,16,18-22,25-26H,6-8,10,13-15H2,1-3H3,(H,24,27)/b12-11+,17-9+/t16?,18-,19+,20-,21+,22+/m0/s1. The molecule has 0 aliphatic heterocycles. The van der Waals surface area contributed by atoms with Gasteiger partial charge in [0.1, 0.15) is 0 Å². The Kier molecular flexibility index (Phi) is 9.14. The third-order valence-electron chi connectivity index (χ3n) is 6.17. The zero-order valence-electron chi connectivity index (χ0n) is 18.2. The summed E-state index contributed by atoms with van der Waals surface area (Å²) in [4.78, 5) is 11.6. The summed E-state index contributed by atoms with van der Waals surface area (Å²) in [5.41, 5.74) is 1.35. The lowest BCUT2D eigenvalue weighted by atomic mass is 9.89. The van der Waals surface area contributed by atoms with Gasteiger partial charge in [0, 0.05) is 18.8 Å². The van der Waals surface area contributed by atoms with Gasteiger partial charge in [0.2, 0.25) is 15.9 Å². The number of nitrogens with one attached hydrogen (secondary N) is 1. The van der Waals surface area contributed by atoms with Crippen molar-refractivity contribution in [2.75, 3.05) is 6.26 Å². The predicted octanol–water partition coefficient (Wildman–Crippen LogP) is 2.53. The van der Waals surface area contributed by atoms with Gasteiger partial charge in [0.15, 0.2) is 0 Å². The number of allylic oxidation sites excluding steroid dienone is 2. The average Bonchev–Trinajstić information content (AvgIpc) is 3.16. The molecule has 6 atom stereocenters. The number of amides is 1. The summed E-state index contributed by atoms with van der Waals surface area (Å²) in [6, 6.07) is 0. The minimum Gasteiger partial charge on any atom is -0.392 e. The van der Waals surface area contributed by atoms with Crippen LogP contribution in [0.5, 0.6) is 0 Å². The van der Waals surface area contributed by atoms with Gasteiger partial charge < -0.3 is 10.2 Å². The van der Waals surface area contributed by atoms with Crippen LogP contribution in [0.25, 0.3) is 0 Å². The molecular formula is C23H35NO5S. The third kappa shape index (κ3) is 7.57. The number of sulfonamides is 1. The van der Waals surface area contributed by atoms with Crippen LogP contribution in [0, 0.1) is 35.5 Å². The van der Waals surface area contributed by atoms with Crippen LogP contribution in [-0.2, 0) is 14.8 Å². The molecule has 0 heterocycles. The van der Waals surface area contributed by atoms with E-state index in [1.807, 2.05) is 23.8 Å². The van der Waals surface area contributed by atoms with Crippen LogP contribution in [0.15, 0.2) is 23.8 Å². The molecule has 168 valence electrons. The van der Waals surface area contributed by atoms with Gasteiger partial charge in [-0.1, -0.05) is 30.7 Å². The fourth-order valence-corrected chi connectivity index (χ4v) is 5.10. The Balaban J connectivity index is 1.84. The topological polar surface area (TPSA) is 104 Å². The van der Waals surface area contributed by atoms with Crippen molar-refractivity contribution in [1.82, 2.24) is 4.72 Å². The van der Waals surface area contributed by atoms with Crippen LogP contribution >= 0.6 is 0 Å². The molecule has 0 aromatic heterocycles. The normalized spacial score (nSPS) is 29.4. The van der Waals surface area contributed by atoms with E-state index in [1.165, 1.54) is 5.57 Å². The number of aliphatic hydroxyl groups is 2. The maximum atomic E-state index is 11.6. The molecule has 2 rings (SSSR count). The van der Waals surface area contributed by atoms with E-state index in [9.17, 15) is 23.4 Å². The van der Waals surface area contributed by atoms with E-state index < -0.39 is 22.0 Å². The monoisotopic (exact) mass is 437 g/mol. The molecule has 7 heteroatoms. The van der Waals surface area contributed by atoms with Gasteiger partial charge in [-0.3, -0.25) is 9.52 Å². The maximum Gasteiger partial charge on any atom is 0.233 e. The summed E-state index contributed by atoms with van der Waals surface area (Å²) in [5, 5.41) is 20.8. The second-order valence-electron chi connectivity index (χ2n) is 8.75.